The van der Waals surface area contributed by atoms with Crippen molar-refractivity contribution in [3.8, 4) is 17.2 Å². The van der Waals surface area contributed by atoms with Gasteiger partial charge in [-0.25, -0.2) is 0 Å². The Bertz CT molecular complexity index is 1220. The van der Waals surface area contributed by atoms with Gasteiger partial charge < -0.3 is 0 Å². The third-order valence-electron chi connectivity index (χ3n) is 5.29. The Hall–Kier alpha value is -1.53. The molecule has 4 rings (SSSR count). The molecule has 0 amide bonds. The summed E-state index contributed by atoms with van der Waals surface area (Å²) in [5.41, 5.74) is -2.95. The molecule has 0 bridgehead atoms. The Morgan fingerprint density at radius 3 is 0.762 bits per heavy atom. The van der Waals surface area contributed by atoms with E-state index in [9.17, 15) is 39.5 Å². The van der Waals surface area contributed by atoms with Gasteiger partial charge in [-0.15, -0.1) is 0 Å². The van der Waals surface area contributed by atoms with Crippen LogP contribution in [0.25, 0.3) is 0 Å². The molecule has 0 spiro atoms. The van der Waals surface area contributed by atoms with E-state index in [4.69, 9.17) is 47.3 Å². The first-order chi connectivity index (χ1) is 19.2. The fourth-order valence-corrected chi connectivity index (χ4v) is 22.8. The Balaban J connectivity index is 1.64. The Kier molecular flexibility index (Phi) is 9.34. The third-order valence-corrected chi connectivity index (χ3v) is 20.4. The molecule has 0 aliphatic carbocycles. The first kappa shape index (κ1) is 33.4. The van der Waals surface area contributed by atoms with Crippen molar-refractivity contribution in [1.82, 2.24) is 14.6 Å². The van der Waals surface area contributed by atoms with Crippen LogP contribution in [0.4, 0.5) is 39.5 Å². The SMILES string of the molecule is FC(F)(F)c1ccc(O[PH]2(Cl)N[PH](Cl)(Oc3ccc(C(F)(F)F)cc3)N[PH](Cl)(Oc3ccc(C(F)(F)F)cc3)N2)cc1. The molecule has 1 saturated heterocycles. The molecule has 0 unspecified atom stereocenters. The number of nitrogens with one attached hydrogen (secondary N) is 3. The average molecular weight is 731 g/mol. The van der Waals surface area contributed by atoms with Crippen LogP contribution in [0.2, 0.25) is 0 Å². The molecule has 21 heteroatoms. The summed E-state index contributed by atoms with van der Waals surface area (Å²) in [5, 5.41) is 0. The van der Waals surface area contributed by atoms with Gasteiger partial charge in [-0.3, -0.25) is 0 Å². The van der Waals surface area contributed by atoms with Crippen LogP contribution >= 0.6 is 55.2 Å². The number of halogens is 12. The van der Waals surface area contributed by atoms with Crippen LogP contribution in [0.5, 0.6) is 17.2 Å². The molecule has 0 radical (unpaired) electrons. The number of hydrogen-bond donors (Lipinski definition) is 3. The van der Waals surface area contributed by atoms with E-state index in [-0.39, 0.29) is 17.2 Å². The molecule has 0 aromatic heterocycles. The van der Waals surface area contributed by atoms with E-state index >= 15 is 0 Å². The predicted molar refractivity (Wildman–Crippen MR) is 148 cm³/mol. The second-order valence-electron chi connectivity index (χ2n) is 8.53. The van der Waals surface area contributed by atoms with Gasteiger partial charge in [0.1, 0.15) is 0 Å². The molecule has 42 heavy (non-hydrogen) atoms. The number of rotatable bonds is 6. The molecule has 3 N–H and O–H groups in total. The predicted octanol–water partition coefficient (Wildman–Crippen LogP) is 10.0. The Morgan fingerprint density at radius 2 is 0.595 bits per heavy atom. The van der Waals surface area contributed by atoms with Crippen LogP contribution in [0.15, 0.2) is 72.8 Å². The number of hydrogen-bond acceptors (Lipinski definition) is 6. The van der Waals surface area contributed by atoms with Gasteiger partial charge in [-0.1, -0.05) is 0 Å². The molecule has 0 atom stereocenters. The molecular formula is C21H18Cl3F9N3O3P3. The molecule has 0 saturated carbocycles. The normalized spacial score (nSPS) is 20.6. The van der Waals surface area contributed by atoms with E-state index in [0.29, 0.717) is 0 Å². The maximum atomic E-state index is 13.0. The van der Waals surface area contributed by atoms with E-state index in [0.717, 1.165) is 72.8 Å². The van der Waals surface area contributed by atoms with Crippen molar-refractivity contribution < 1.29 is 53.1 Å². The summed E-state index contributed by atoms with van der Waals surface area (Å²) in [6, 6.07) is 10.1. The van der Waals surface area contributed by atoms with Crippen molar-refractivity contribution in [1.29, 1.82) is 0 Å². The van der Waals surface area contributed by atoms with Crippen LogP contribution in [0.3, 0.4) is 0 Å². The van der Waals surface area contributed by atoms with Crippen LogP contribution in [0.1, 0.15) is 16.7 Å². The summed E-state index contributed by atoms with van der Waals surface area (Å²) in [6.45, 7) is 0. The minimum absolute atomic E-state index is 0.170. The fraction of sp³-hybridized carbons (Fsp3) is 0.143. The maximum absolute atomic E-state index is 13.0. The summed E-state index contributed by atoms with van der Waals surface area (Å²) < 4.78 is 134. The van der Waals surface area contributed by atoms with E-state index in [1.54, 1.807) is 0 Å². The number of alkyl halides is 9. The molecule has 6 nitrogen and oxygen atoms in total. The Labute approximate surface area is 247 Å². The molecular weight excluding hydrogens is 713 g/mol. The summed E-state index contributed by atoms with van der Waals surface area (Å²) >= 11 is 20.1. The van der Waals surface area contributed by atoms with E-state index in [2.05, 4.69) is 14.6 Å². The molecule has 1 heterocycles. The zero-order valence-electron chi connectivity index (χ0n) is 20.2. The first-order valence-corrected chi connectivity index (χ1v) is 20.0. The van der Waals surface area contributed by atoms with Crippen LogP contribution in [-0.2, 0) is 18.5 Å². The van der Waals surface area contributed by atoms with Gasteiger partial charge in [0.15, 0.2) is 0 Å². The second kappa shape index (κ2) is 11.8. The van der Waals surface area contributed by atoms with E-state index < -0.39 is 56.6 Å². The van der Waals surface area contributed by atoms with Crippen LogP contribution in [-0.4, -0.2) is 0 Å². The summed E-state index contributed by atoms with van der Waals surface area (Å²) in [6.07, 6.45) is -13.9. The quantitative estimate of drug-likeness (QED) is 0.173. The topological polar surface area (TPSA) is 63.8 Å². The third kappa shape index (κ3) is 8.55. The molecule has 3 aromatic rings. The average Bonchev–Trinajstić information content (AvgIpc) is 2.81. The standard InChI is InChI=1S/C21H18Cl3F9N3O3P3/c22-40(37-16-7-1-13(2-8-16)19(25,26)27)34-41(23,38-17-9-3-14(4-10-17)20(28,29)30)36-42(24,35-40)39-18-11-5-15(6-12-18)21(31,32)33/h1-12,34-36,40-42H. The van der Waals surface area contributed by atoms with E-state index in [1.165, 1.54) is 0 Å². The van der Waals surface area contributed by atoms with Crippen molar-refractivity contribution in [2.24, 2.45) is 0 Å². The molecule has 234 valence electrons. The molecule has 1 aliphatic heterocycles. The second-order valence-corrected chi connectivity index (χ2v) is 20.5. The van der Waals surface area contributed by atoms with Crippen LogP contribution < -0.4 is 28.1 Å². The summed E-state index contributed by atoms with van der Waals surface area (Å²) in [5.74, 6) is -0.509. The molecule has 1 fully saturated rings. The molecule has 1 aliphatic rings. The minimum atomic E-state index is -4.64. The van der Waals surface area contributed by atoms with Gasteiger partial charge in [0.25, 0.3) is 0 Å². The summed E-state index contributed by atoms with van der Waals surface area (Å²) in [4.78, 5) is 8.05. The van der Waals surface area contributed by atoms with Gasteiger partial charge in [0.05, 0.1) is 0 Å². The zero-order chi connectivity index (χ0) is 31.2. The van der Waals surface area contributed by atoms with Gasteiger partial charge in [-0.2, -0.15) is 0 Å². The first-order valence-electron chi connectivity index (χ1n) is 11.2. The van der Waals surface area contributed by atoms with Crippen LogP contribution in [0, 0.1) is 0 Å². The van der Waals surface area contributed by atoms with Crippen molar-refractivity contribution in [3.05, 3.63) is 89.5 Å². The van der Waals surface area contributed by atoms with Crippen molar-refractivity contribution in [3.63, 3.8) is 0 Å². The monoisotopic (exact) mass is 729 g/mol. The van der Waals surface area contributed by atoms with Gasteiger partial charge >= 0.3 is 248 Å². The molecule has 3 aromatic carbocycles. The van der Waals surface area contributed by atoms with Gasteiger partial charge in [-0.05, 0) is 0 Å². The summed E-state index contributed by atoms with van der Waals surface area (Å²) in [7, 11) is -12.7. The fourth-order valence-electron chi connectivity index (χ4n) is 3.49. The van der Waals surface area contributed by atoms with Gasteiger partial charge in [0.2, 0.25) is 0 Å². The van der Waals surface area contributed by atoms with Crippen molar-refractivity contribution in [2.45, 2.75) is 18.5 Å². The van der Waals surface area contributed by atoms with E-state index in [1.807, 2.05) is 0 Å². The van der Waals surface area contributed by atoms with Crippen molar-refractivity contribution >= 4 is 55.2 Å². The van der Waals surface area contributed by atoms with Crippen molar-refractivity contribution in [2.75, 3.05) is 0 Å². The zero-order valence-corrected chi connectivity index (χ0v) is 25.5. The van der Waals surface area contributed by atoms with Gasteiger partial charge in [0, 0.05) is 0 Å². The number of benzene rings is 3. The Morgan fingerprint density at radius 1 is 0.405 bits per heavy atom.